The number of rotatable bonds is 5. The van der Waals surface area contributed by atoms with Crippen molar-refractivity contribution < 1.29 is 9.94 Å². The van der Waals surface area contributed by atoms with E-state index < -0.39 is 0 Å². The first-order valence-corrected chi connectivity index (χ1v) is 7.42. The van der Waals surface area contributed by atoms with Gasteiger partial charge in [0.25, 0.3) is 0 Å². The molecule has 0 aliphatic carbocycles. The Hall–Kier alpha value is -1.66. The fraction of sp³-hybridized carbons (Fsp3) is 0.154. The molecule has 6 heteroatoms. The van der Waals surface area contributed by atoms with Gasteiger partial charge in [0.2, 0.25) is 0 Å². The van der Waals surface area contributed by atoms with Gasteiger partial charge in [-0.3, -0.25) is 0 Å². The monoisotopic (exact) mass is 294 g/mol. The number of nitrogens with two attached hydrogens (primary N) is 1. The zero-order chi connectivity index (χ0) is 13.7. The predicted molar refractivity (Wildman–Crippen MR) is 79.4 cm³/mol. The summed E-state index contributed by atoms with van der Waals surface area (Å²) in [5.41, 5.74) is 7.35. The van der Waals surface area contributed by atoms with E-state index in [-0.39, 0.29) is 5.84 Å². The van der Waals surface area contributed by atoms with Crippen LogP contribution < -0.4 is 10.5 Å². The van der Waals surface area contributed by atoms with E-state index in [0.29, 0.717) is 11.3 Å². The van der Waals surface area contributed by atoms with Gasteiger partial charge in [-0.25, -0.2) is 0 Å². The fourth-order valence-corrected chi connectivity index (χ4v) is 3.33. The average Bonchev–Trinajstić information content (AvgIpc) is 2.97. The first-order valence-electron chi connectivity index (χ1n) is 5.55. The first kappa shape index (κ1) is 13.8. The molecule has 3 N–H and O–H groups in total. The van der Waals surface area contributed by atoms with Gasteiger partial charge in [-0.05, 0) is 29.1 Å². The Morgan fingerprint density at radius 1 is 1.47 bits per heavy atom. The van der Waals surface area contributed by atoms with Crippen molar-refractivity contribution in [2.45, 2.75) is 9.96 Å². The molecule has 0 saturated carbocycles. The first-order chi connectivity index (χ1) is 9.24. The minimum absolute atomic E-state index is 0.0554. The molecule has 1 aromatic carbocycles. The molecule has 2 aromatic rings. The summed E-state index contributed by atoms with van der Waals surface area (Å²) in [7, 11) is 1.56. The van der Waals surface area contributed by atoms with Crippen molar-refractivity contribution in [1.29, 1.82) is 0 Å². The molecule has 1 aromatic heterocycles. The highest BCUT2D eigenvalue weighted by molar-refractivity contribution is 8.00. The number of thiophene rings is 1. The lowest BCUT2D eigenvalue weighted by atomic mass is 10.1. The molecule has 0 fully saturated rings. The summed E-state index contributed by atoms with van der Waals surface area (Å²) in [6, 6.07) is 9.81. The number of oxime groups is 1. The molecule has 0 bridgehead atoms. The summed E-state index contributed by atoms with van der Waals surface area (Å²) < 4.78 is 6.46. The van der Waals surface area contributed by atoms with Crippen molar-refractivity contribution in [3.8, 4) is 5.75 Å². The molecule has 2 rings (SSSR count). The van der Waals surface area contributed by atoms with Crippen LogP contribution >= 0.6 is 23.1 Å². The van der Waals surface area contributed by atoms with E-state index in [1.165, 1.54) is 4.21 Å². The third-order valence-electron chi connectivity index (χ3n) is 2.52. The number of methoxy groups -OCH3 is 1. The molecule has 0 radical (unpaired) electrons. The molecule has 19 heavy (non-hydrogen) atoms. The van der Waals surface area contributed by atoms with Crippen molar-refractivity contribution >= 4 is 28.9 Å². The molecule has 0 saturated heterocycles. The third kappa shape index (κ3) is 3.42. The van der Waals surface area contributed by atoms with Gasteiger partial charge >= 0.3 is 0 Å². The summed E-state index contributed by atoms with van der Waals surface area (Å²) in [4.78, 5) is 0. The molecule has 0 aliphatic rings. The summed E-state index contributed by atoms with van der Waals surface area (Å²) in [6.45, 7) is 0. The molecule has 0 amide bonds. The molecule has 4 nitrogen and oxygen atoms in total. The van der Waals surface area contributed by atoms with Gasteiger partial charge < -0.3 is 15.7 Å². The van der Waals surface area contributed by atoms with Crippen LogP contribution in [0.4, 0.5) is 0 Å². The summed E-state index contributed by atoms with van der Waals surface area (Å²) in [5.74, 6) is 1.48. The highest BCUT2D eigenvalue weighted by Crippen LogP contribution is 2.28. The Bertz CT molecular complexity index is 568. The molecular formula is C13H14N2O2S2. The van der Waals surface area contributed by atoms with Crippen LogP contribution in [0.5, 0.6) is 5.75 Å². The molecule has 0 unspecified atom stereocenters. The van der Waals surface area contributed by atoms with E-state index in [1.807, 2.05) is 24.3 Å². The van der Waals surface area contributed by atoms with Crippen molar-refractivity contribution in [2.75, 3.05) is 7.11 Å². The van der Waals surface area contributed by atoms with Gasteiger partial charge in [0.05, 0.1) is 16.9 Å². The lowest BCUT2D eigenvalue weighted by Crippen LogP contribution is -2.14. The number of benzene rings is 1. The molecule has 0 atom stereocenters. The van der Waals surface area contributed by atoms with Crippen LogP contribution in [0.25, 0.3) is 0 Å². The van der Waals surface area contributed by atoms with Crippen LogP contribution in [0.1, 0.15) is 11.1 Å². The minimum atomic E-state index is 0.0554. The van der Waals surface area contributed by atoms with Crippen molar-refractivity contribution in [2.24, 2.45) is 10.9 Å². The topological polar surface area (TPSA) is 67.8 Å². The maximum Gasteiger partial charge on any atom is 0.173 e. The second-order valence-electron chi connectivity index (χ2n) is 3.74. The smallest absolute Gasteiger partial charge is 0.173 e. The number of thioether (sulfide) groups is 1. The molecule has 1 heterocycles. The van der Waals surface area contributed by atoms with Crippen LogP contribution in [-0.2, 0) is 5.75 Å². The Morgan fingerprint density at radius 3 is 2.95 bits per heavy atom. The third-order valence-corrected chi connectivity index (χ3v) is 4.73. The zero-order valence-corrected chi connectivity index (χ0v) is 12.0. The number of ether oxygens (including phenoxy) is 1. The lowest BCUT2D eigenvalue weighted by molar-refractivity contribution is 0.318. The highest BCUT2D eigenvalue weighted by atomic mass is 32.2. The van der Waals surface area contributed by atoms with Crippen LogP contribution in [0.3, 0.4) is 0 Å². The Morgan fingerprint density at radius 2 is 2.32 bits per heavy atom. The maximum atomic E-state index is 8.78. The molecule has 0 spiro atoms. The summed E-state index contributed by atoms with van der Waals surface area (Å²) in [6.07, 6.45) is 0. The van der Waals surface area contributed by atoms with Gasteiger partial charge in [0, 0.05) is 5.75 Å². The summed E-state index contributed by atoms with van der Waals surface area (Å²) in [5, 5.41) is 13.9. The Kier molecular flexibility index (Phi) is 4.70. The number of amidine groups is 1. The second-order valence-corrected chi connectivity index (χ2v) is 5.96. The maximum absolute atomic E-state index is 8.78. The molecular weight excluding hydrogens is 280 g/mol. The minimum Gasteiger partial charge on any atom is -0.496 e. The predicted octanol–water partition coefficient (Wildman–Crippen LogP) is 3.14. The number of nitrogens with zero attached hydrogens (tertiary/aromatic N) is 1. The van der Waals surface area contributed by atoms with Crippen LogP contribution in [-0.4, -0.2) is 18.2 Å². The van der Waals surface area contributed by atoms with E-state index in [9.17, 15) is 0 Å². The van der Waals surface area contributed by atoms with Crippen molar-refractivity contribution in [1.82, 2.24) is 0 Å². The zero-order valence-electron chi connectivity index (χ0n) is 10.4. The van der Waals surface area contributed by atoms with E-state index in [1.54, 1.807) is 30.2 Å². The highest BCUT2D eigenvalue weighted by Gasteiger charge is 2.09. The normalized spacial score (nSPS) is 11.5. The quantitative estimate of drug-likeness (QED) is 0.292. The van der Waals surface area contributed by atoms with Crippen LogP contribution in [0.15, 0.2) is 45.1 Å². The van der Waals surface area contributed by atoms with Gasteiger partial charge in [-0.15, -0.1) is 23.1 Å². The standard InChI is InChI=1S/C13H14N2O2S2/c1-17-11-5-4-9(7-10(11)13(14)15-16)8-19-12-3-2-6-18-12/h2-7,16H,8H2,1H3,(H2,14,15). The van der Waals surface area contributed by atoms with Gasteiger partial charge in [-0.1, -0.05) is 17.3 Å². The van der Waals surface area contributed by atoms with Gasteiger partial charge in [0.1, 0.15) is 5.75 Å². The molecule has 100 valence electrons. The lowest BCUT2D eigenvalue weighted by Gasteiger charge is -2.09. The average molecular weight is 294 g/mol. The largest absolute Gasteiger partial charge is 0.496 e. The number of hydrogen-bond donors (Lipinski definition) is 2. The summed E-state index contributed by atoms with van der Waals surface area (Å²) >= 11 is 3.47. The Labute approximate surface area is 119 Å². The van der Waals surface area contributed by atoms with Crippen LogP contribution in [0, 0.1) is 0 Å². The second kappa shape index (κ2) is 6.49. The van der Waals surface area contributed by atoms with E-state index >= 15 is 0 Å². The van der Waals surface area contributed by atoms with E-state index in [2.05, 4.69) is 16.6 Å². The van der Waals surface area contributed by atoms with Gasteiger partial charge in [0.15, 0.2) is 5.84 Å². The van der Waals surface area contributed by atoms with Crippen molar-refractivity contribution in [3.63, 3.8) is 0 Å². The fourth-order valence-electron chi connectivity index (χ4n) is 1.60. The van der Waals surface area contributed by atoms with E-state index in [4.69, 9.17) is 15.7 Å². The molecule has 0 aliphatic heterocycles. The Balaban J connectivity index is 2.18. The van der Waals surface area contributed by atoms with Crippen LogP contribution in [0.2, 0.25) is 0 Å². The van der Waals surface area contributed by atoms with E-state index in [0.717, 1.165) is 11.3 Å². The SMILES string of the molecule is COc1ccc(CSc2cccs2)cc1C(N)=NO. The van der Waals surface area contributed by atoms with Crippen molar-refractivity contribution in [3.05, 3.63) is 46.8 Å². The van der Waals surface area contributed by atoms with Gasteiger partial charge in [-0.2, -0.15) is 0 Å². The number of hydrogen-bond acceptors (Lipinski definition) is 5.